The van der Waals surface area contributed by atoms with E-state index >= 15 is 0 Å². The van der Waals surface area contributed by atoms with Gasteiger partial charge in [0.25, 0.3) is 5.91 Å². The van der Waals surface area contributed by atoms with Crippen LogP contribution in [0.5, 0.6) is 0 Å². The van der Waals surface area contributed by atoms with Crippen LogP contribution in [0.2, 0.25) is 0 Å². The van der Waals surface area contributed by atoms with E-state index in [1.54, 1.807) is 18.2 Å². The zero-order valence-corrected chi connectivity index (χ0v) is 20.4. The predicted octanol–water partition coefficient (Wildman–Crippen LogP) is 5.57. The summed E-state index contributed by atoms with van der Waals surface area (Å²) in [6, 6.07) is 15.5. The van der Waals surface area contributed by atoms with Gasteiger partial charge in [-0.3, -0.25) is 4.79 Å². The van der Waals surface area contributed by atoms with Crippen LogP contribution < -0.4 is 15.5 Å². The highest BCUT2D eigenvalue weighted by molar-refractivity contribution is 6.44. The highest BCUT2D eigenvalue weighted by Crippen LogP contribution is 2.28. The van der Waals surface area contributed by atoms with E-state index < -0.39 is 4.84 Å². The number of carbonyl (C=O) groups is 1. The quantitative estimate of drug-likeness (QED) is 0.427. The second kappa shape index (κ2) is 10.6. The number of hydrogen-bond acceptors (Lipinski definition) is 5. The first kappa shape index (κ1) is 23.6. The molecule has 0 saturated heterocycles. The summed E-state index contributed by atoms with van der Waals surface area (Å²) in [5, 5.41) is 7.65. The van der Waals surface area contributed by atoms with Crippen molar-refractivity contribution in [3.63, 3.8) is 0 Å². The number of fused-ring (bicyclic) bond motifs is 1. The topological polar surface area (TPSA) is 70.2 Å². The van der Waals surface area contributed by atoms with E-state index in [1.165, 1.54) is 0 Å². The van der Waals surface area contributed by atoms with Gasteiger partial charge in [-0.25, -0.2) is 4.98 Å². The van der Waals surface area contributed by atoms with Gasteiger partial charge in [-0.05, 0) is 61.4 Å². The number of nitrogens with one attached hydrogen (secondary N) is 2. The fourth-order valence-electron chi connectivity index (χ4n) is 4.31. The van der Waals surface area contributed by atoms with Gasteiger partial charge in [0.1, 0.15) is 10.7 Å². The van der Waals surface area contributed by atoms with Gasteiger partial charge in [0.15, 0.2) is 0 Å². The number of halogens is 2. The van der Waals surface area contributed by atoms with Crippen LogP contribution in [0.25, 0.3) is 10.9 Å². The van der Waals surface area contributed by atoms with E-state index in [-0.39, 0.29) is 5.91 Å². The van der Waals surface area contributed by atoms with Crippen LogP contribution in [0.15, 0.2) is 48.5 Å². The minimum absolute atomic E-state index is 0.0909. The molecule has 33 heavy (non-hydrogen) atoms. The van der Waals surface area contributed by atoms with E-state index in [0.29, 0.717) is 30.0 Å². The zero-order valence-electron chi connectivity index (χ0n) is 18.9. The third-order valence-electron chi connectivity index (χ3n) is 6.14. The Bertz CT molecular complexity index is 1110. The van der Waals surface area contributed by atoms with E-state index in [4.69, 9.17) is 33.2 Å². The van der Waals surface area contributed by atoms with Crippen LogP contribution in [-0.2, 0) is 0 Å². The molecule has 3 aromatic rings. The minimum Gasteiger partial charge on any atom is -0.362 e. The summed E-state index contributed by atoms with van der Waals surface area (Å²) in [5.74, 6) is 1.95. The Hall–Kier alpha value is -2.57. The number of hydrogen-bond donors (Lipinski definition) is 2. The minimum atomic E-state index is -0.638. The monoisotopic (exact) mass is 485 g/mol. The molecule has 2 N–H and O–H groups in total. The Balaban J connectivity index is 1.31. The Morgan fingerprint density at radius 1 is 1.06 bits per heavy atom. The number of alkyl halides is 2. The molecule has 0 unspecified atom stereocenters. The molecule has 2 aromatic carbocycles. The van der Waals surface area contributed by atoms with Crippen molar-refractivity contribution in [1.82, 2.24) is 15.3 Å². The molecule has 1 aliphatic carbocycles. The summed E-state index contributed by atoms with van der Waals surface area (Å²) < 4.78 is 0. The normalized spacial score (nSPS) is 18.3. The Morgan fingerprint density at radius 2 is 1.82 bits per heavy atom. The van der Waals surface area contributed by atoms with Gasteiger partial charge in [-0.1, -0.05) is 24.3 Å². The molecule has 0 atom stereocenters. The summed E-state index contributed by atoms with van der Waals surface area (Å²) >= 11 is 11.8. The molecule has 0 aliphatic heterocycles. The van der Waals surface area contributed by atoms with Crippen LogP contribution in [0, 0.1) is 5.92 Å². The number of para-hydroxylation sites is 1. The van der Waals surface area contributed by atoms with Crippen LogP contribution in [0.1, 0.15) is 46.4 Å². The van der Waals surface area contributed by atoms with Gasteiger partial charge < -0.3 is 15.5 Å². The number of nitrogens with zero attached hydrogens (tertiary/aromatic N) is 3. The van der Waals surface area contributed by atoms with Gasteiger partial charge in [0.05, 0.1) is 5.52 Å². The lowest BCUT2D eigenvalue weighted by Gasteiger charge is -2.29. The van der Waals surface area contributed by atoms with Gasteiger partial charge in [0.2, 0.25) is 5.95 Å². The third kappa shape index (κ3) is 5.87. The number of amides is 1. The maximum absolute atomic E-state index is 12.5. The number of anilines is 2. The summed E-state index contributed by atoms with van der Waals surface area (Å²) in [5.41, 5.74) is 2.25. The number of benzene rings is 2. The Labute approximate surface area is 204 Å². The van der Waals surface area contributed by atoms with Crippen LogP contribution in [-0.4, -0.2) is 42.6 Å². The summed E-state index contributed by atoms with van der Waals surface area (Å²) in [7, 11) is 4.00. The lowest BCUT2D eigenvalue weighted by Crippen LogP contribution is -2.34. The van der Waals surface area contributed by atoms with Crippen molar-refractivity contribution in [2.24, 2.45) is 5.92 Å². The van der Waals surface area contributed by atoms with Crippen molar-refractivity contribution in [2.45, 2.75) is 36.6 Å². The highest BCUT2D eigenvalue weighted by Gasteiger charge is 2.23. The van der Waals surface area contributed by atoms with Crippen LogP contribution >= 0.6 is 23.2 Å². The molecule has 0 radical (unpaired) electrons. The van der Waals surface area contributed by atoms with Gasteiger partial charge >= 0.3 is 0 Å². The smallest absolute Gasteiger partial charge is 0.251 e. The van der Waals surface area contributed by atoms with Crippen molar-refractivity contribution in [1.29, 1.82) is 0 Å². The molecule has 1 aliphatic rings. The maximum atomic E-state index is 12.5. The van der Waals surface area contributed by atoms with Gasteiger partial charge in [-0.15, -0.1) is 23.2 Å². The maximum Gasteiger partial charge on any atom is 0.251 e. The molecule has 4 rings (SSSR count). The molecule has 1 saturated carbocycles. The Kier molecular flexibility index (Phi) is 7.56. The fraction of sp³-hybridized carbons (Fsp3) is 0.400. The molecule has 0 spiro atoms. The average molecular weight is 486 g/mol. The molecule has 1 amide bonds. The first-order valence-corrected chi connectivity index (χ1v) is 12.1. The zero-order chi connectivity index (χ0) is 23.4. The molecule has 8 heteroatoms. The van der Waals surface area contributed by atoms with E-state index in [9.17, 15) is 4.79 Å². The Morgan fingerprint density at radius 3 is 2.55 bits per heavy atom. The van der Waals surface area contributed by atoms with Gasteiger partial charge in [-0.2, -0.15) is 4.98 Å². The SMILES string of the molecule is CN(C)c1nc(NC2CCC(CNC(=O)c3cccc(C(Cl)Cl)c3)CC2)nc2ccccc12. The number of aromatic nitrogens is 2. The molecule has 174 valence electrons. The highest BCUT2D eigenvalue weighted by atomic mass is 35.5. The van der Waals surface area contributed by atoms with E-state index in [2.05, 4.69) is 10.6 Å². The second-order valence-corrected chi connectivity index (χ2v) is 9.88. The van der Waals surface area contributed by atoms with E-state index in [0.717, 1.165) is 48.0 Å². The molecule has 0 bridgehead atoms. The molecular formula is C25H29Cl2N5O. The van der Waals surface area contributed by atoms with Crippen molar-refractivity contribution in [3.8, 4) is 0 Å². The van der Waals surface area contributed by atoms with E-state index in [1.807, 2.05) is 49.3 Å². The largest absolute Gasteiger partial charge is 0.362 e. The predicted molar refractivity (Wildman–Crippen MR) is 136 cm³/mol. The van der Waals surface area contributed by atoms with Crippen molar-refractivity contribution in [2.75, 3.05) is 30.9 Å². The summed E-state index contributed by atoms with van der Waals surface area (Å²) in [6.07, 6.45) is 4.11. The van der Waals surface area contributed by atoms with Crippen LogP contribution in [0.3, 0.4) is 0 Å². The average Bonchev–Trinajstić information content (AvgIpc) is 2.83. The molecular weight excluding hydrogens is 457 g/mol. The van der Waals surface area contributed by atoms with Crippen molar-refractivity contribution < 1.29 is 4.79 Å². The van der Waals surface area contributed by atoms with Gasteiger partial charge in [0, 0.05) is 37.6 Å². The first-order valence-electron chi connectivity index (χ1n) is 11.3. The third-order valence-corrected chi connectivity index (χ3v) is 6.64. The lowest BCUT2D eigenvalue weighted by molar-refractivity contribution is 0.0943. The summed E-state index contributed by atoms with van der Waals surface area (Å²) in [6.45, 7) is 0.665. The van der Waals surface area contributed by atoms with Crippen LogP contribution in [0.4, 0.5) is 11.8 Å². The lowest BCUT2D eigenvalue weighted by atomic mass is 9.86. The van der Waals surface area contributed by atoms with Crippen molar-refractivity contribution >= 4 is 51.8 Å². The standard InChI is InChI=1S/C25H29Cl2N5O/c1-32(2)23-20-8-3-4-9-21(20)30-25(31-23)29-19-12-10-16(11-13-19)15-28-24(33)18-7-5-6-17(14-18)22(26)27/h3-9,14,16,19,22H,10-13,15H2,1-2H3,(H,28,33)(H,29,30,31). The molecule has 1 fully saturated rings. The molecule has 1 aromatic heterocycles. The van der Waals surface area contributed by atoms with Crippen molar-refractivity contribution in [3.05, 3.63) is 59.7 Å². The fourth-order valence-corrected chi connectivity index (χ4v) is 4.58. The number of carbonyl (C=O) groups excluding carboxylic acids is 1. The summed E-state index contributed by atoms with van der Waals surface area (Å²) in [4.78, 5) is 23.4. The number of rotatable bonds is 7. The molecule has 6 nitrogen and oxygen atoms in total. The second-order valence-electron chi connectivity index (χ2n) is 8.78. The molecule has 1 heterocycles. The first-order chi connectivity index (χ1) is 15.9.